The van der Waals surface area contributed by atoms with E-state index in [1.165, 1.54) is 81.6 Å². The molecule has 1 aromatic rings. The second-order valence-electron chi connectivity index (χ2n) is 25.8. The van der Waals surface area contributed by atoms with Gasteiger partial charge in [0.15, 0.2) is 11.3 Å². The summed E-state index contributed by atoms with van der Waals surface area (Å²) in [7, 11) is 5.56. The van der Waals surface area contributed by atoms with Crippen LogP contribution in [0.2, 0.25) is 0 Å². The first-order valence-electron chi connectivity index (χ1n) is 30.7. The van der Waals surface area contributed by atoms with Gasteiger partial charge in [-0.3, -0.25) is 52.7 Å². The van der Waals surface area contributed by atoms with Crippen LogP contribution in [-0.2, 0) is 57.4 Å². The zero-order valence-corrected chi connectivity index (χ0v) is 54.6. The summed E-state index contributed by atoms with van der Waals surface area (Å²) in [5.41, 5.74) is 9.45. The minimum atomic E-state index is -1.90. The summed E-state index contributed by atoms with van der Waals surface area (Å²) in [4.78, 5) is 200. The van der Waals surface area contributed by atoms with Crippen molar-refractivity contribution in [2.45, 2.75) is 169 Å². The Balaban J connectivity index is 1.34. The summed E-state index contributed by atoms with van der Waals surface area (Å²) in [5, 5.41) is 10.6. The first-order chi connectivity index (χ1) is 42.5. The molecule has 6 aliphatic rings. The molecule has 1 unspecified atom stereocenters. The largest absolute Gasteiger partial charge is 0.458 e. The molecule has 8 N–H and O–H groups in total. The van der Waals surface area contributed by atoms with Gasteiger partial charge in [-0.1, -0.05) is 55.4 Å². The van der Waals surface area contributed by atoms with Crippen LogP contribution < -0.4 is 38.2 Å². The molecule has 7 rings (SSSR count). The van der Waals surface area contributed by atoms with Crippen LogP contribution in [-0.4, -0.2) is 220 Å². The summed E-state index contributed by atoms with van der Waals surface area (Å²) < 4.78 is 18.3. The number of aromatic nitrogens is 1. The smallest absolute Gasteiger partial charge is 0.329 e. The first kappa shape index (κ1) is 69.6. The molecular weight excluding hydrogens is 1180 g/mol. The fourth-order valence-electron chi connectivity index (χ4n) is 12.4. The lowest BCUT2D eigenvalue weighted by atomic mass is 9.98. The zero-order chi connectivity index (χ0) is 67.8. The molecule has 496 valence electrons. The van der Waals surface area contributed by atoms with Gasteiger partial charge in [0.05, 0.1) is 29.9 Å². The third-order valence-electron chi connectivity index (χ3n) is 17.7. The average molecular weight is 1270 g/mol. The van der Waals surface area contributed by atoms with Crippen molar-refractivity contribution in [3.05, 3.63) is 38.5 Å². The number of carbonyl (C=O) groups is 12. The molecule has 1 aliphatic carbocycles. The SMILES string of the molecule is Cc1c2oc3c(C)c(N)cc(C(=O)N[C@@H]4C(=O)N[C@H](C(C)C)C(=O)N5CCC[C@H]5C(=O)N(C)CC(=O)N(C)[C@@H](C(C)C)C(=O)O[C@@H]4C)c3nc-2c(C(=O)N[C@@H]2C(=O)N[C@H](C(C)C)C(=O)N3CCC[C@H]3C(=O)N(C)CC(=O)N(C)C(C(C)C)C(=O)O[C@@H]2C)c(N)c1=O. The number of fused-ring (bicyclic) bond motifs is 4. The van der Waals surface area contributed by atoms with E-state index in [1.54, 1.807) is 55.4 Å². The van der Waals surface area contributed by atoms with E-state index in [0.29, 0.717) is 12.8 Å². The van der Waals surface area contributed by atoms with E-state index in [9.17, 15) is 52.7 Å². The van der Waals surface area contributed by atoms with E-state index in [1.807, 2.05) is 0 Å². The highest BCUT2D eigenvalue weighted by molar-refractivity contribution is 6.11. The molecule has 4 saturated heterocycles. The van der Waals surface area contributed by atoms with Crippen molar-refractivity contribution >= 4 is 93.5 Å². The molecule has 0 saturated carbocycles. The molecule has 0 bridgehead atoms. The number of anilines is 2. The number of nitrogens with zero attached hydrogens (tertiary/aromatic N) is 7. The van der Waals surface area contributed by atoms with E-state index in [4.69, 9.17) is 30.3 Å². The quantitative estimate of drug-likeness (QED) is 0.100. The van der Waals surface area contributed by atoms with Crippen molar-refractivity contribution in [3.8, 4) is 11.5 Å². The zero-order valence-electron chi connectivity index (χ0n) is 54.6. The maximum atomic E-state index is 15.2. The van der Waals surface area contributed by atoms with Crippen molar-refractivity contribution in [2.75, 3.05) is 65.8 Å². The maximum absolute atomic E-state index is 15.2. The average Bonchev–Trinajstić information content (AvgIpc) is 1.33. The summed E-state index contributed by atoms with van der Waals surface area (Å²) in [6.45, 7) is 18.1. The van der Waals surface area contributed by atoms with Crippen LogP contribution in [0.1, 0.15) is 127 Å². The Hall–Kier alpha value is -8.92. The molecule has 4 fully saturated rings. The highest BCUT2D eigenvalue weighted by atomic mass is 16.6. The number of ether oxygens (including phenoxy) is 2. The van der Waals surface area contributed by atoms with E-state index in [-0.39, 0.29) is 59.6 Å². The minimum absolute atomic E-state index is 0.0571. The molecule has 10 atom stereocenters. The van der Waals surface area contributed by atoms with Crippen LogP contribution in [0, 0.1) is 37.5 Å². The Morgan fingerprint density at radius 3 is 1.43 bits per heavy atom. The lowest BCUT2D eigenvalue weighted by Gasteiger charge is -2.36. The van der Waals surface area contributed by atoms with Crippen molar-refractivity contribution in [3.63, 3.8) is 0 Å². The molecule has 29 heteroatoms. The Bertz CT molecular complexity index is 3470. The molecule has 5 aliphatic heterocycles. The normalized spacial score (nSPS) is 26.1. The van der Waals surface area contributed by atoms with E-state index < -0.39 is 196 Å². The molecule has 91 heavy (non-hydrogen) atoms. The molecule has 0 spiro atoms. The summed E-state index contributed by atoms with van der Waals surface area (Å²) >= 11 is 0. The number of benzene rings is 2. The fourth-order valence-corrected chi connectivity index (χ4v) is 12.4. The number of nitrogens with two attached hydrogens (primary N) is 2. The number of rotatable bonds is 8. The molecule has 29 nitrogen and oxygen atoms in total. The lowest BCUT2D eigenvalue weighted by molar-refractivity contribution is -0.163. The van der Waals surface area contributed by atoms with Gasteiger partial charge in [-0.15, -0.1) is 0 Å². The molecule has 5 heterocycles. The maximum Gasteiger partial charge on any atom is 0.329 e. The van der Waals surface area contributed by atoms with Gasteiger partial charge in [0.25, 0.3) is 11.8 Å². The molecule has 0 aromatic heterocycles. The van der Waals surface area contributed by atoms with Gasteiger partial charge in [0.2, 0.25) is 52.7 Å². The van der Waals surface area contributed by atoms with Gasteiger partial charge in [-0.05, 0) is 83.1 Å². The lowest BCUT2D eigenvalue weighted by Crippen LogP contribution is -2.61. The summed E-state index contributed by atoms with van der Waals surface area (Å²) in [5.74, 6) is -12.7. The third-order valence-corrected chi connectivity index (χ3v) is 17.7. The van der Waals surface area contributed by atoms with Crippen LogP contribution in [0.25, 0.3) is 22.6 Å². The Labute approximate surface area is 527 Å². The van der Waals surface area contributed by atoms with Gasteiger partial charge in [-0.25, -0.2) is 14.6 Å². The topological polar surface area (TPSA) is 386 Å². The van der Waals surface area contributed by atoms with E-state index in [2.05, 4.69) is 21.3 Å². The minimum Gasteiger partial charge on any atom is -0.458 e. The molecule has 0 radical (unpaired) electrons. The molecular formula is C62H87N13O16. The van der Waals surface area contributed by atoms with Crippen molar-refractivity contribution in [1.82, 2.24) is 55.7 Å². The summed E-state index contributed by atoms with van der Waals surface area (Å²) in [6.07, 6.45) is -1.74. The predicted molar refractivity (Wildman–Crippen MR) is 330 cm³/mol. The highest BCUT2D eigenvalue weighted by Crippen LogP contribution is 2.37. The van der Waals surface area contributed by atoms with Crippen LogP contribution in [0.3, 0.4) is 0 Å². The third kappa shape index (κ3) is 13.9. The monoisotopic (exact) mass is 1270 g/mol. The van der Waals surface area contributed by atoms with Crippen molar-refractivity contribution in [1.29, 1.82) is 0 Å². The van der Waals surface area contributed by atoms with Crippen LogP contribution >= 0.6 is 0 Å². The van der Waals surface area contributed by atoms with Gasteiger partial charge in [0, 0.05) is 58.1 Å². The number of nitrogens with one attached hydrogen (secondary N) is 4. The van der Waals surface area contributed by atoms with Crippen LogP contribution in [0.15, 0.2) is 15.3 Å². The molecule has 1 aromatic carbocycles. The van der Waals surface area contributed by atoms with Gasteiger partial charge in [0.1, 0.15) is 71.8 Å². The Morgan fingerprint density at radius 1 is 0.604 bits per heavy atom. The number of hydrogen-bond donors (Lipinski definition) is 6. The number of esters is 2. The Morgan fingerprint density at radius 2 is 1.02 bits per heavy atom. The van der Waals surface area contributed by atoms with E-state index in [0.717, 1.165) is 9.80 Å². The van der Waals surface area contributed by atoms with E-state index >= 15 is 9.59 Å². The van der Waals surface area contributed by atoms with Gasteiger partial charge < -0.3 is 76.0 Å². The number of hydrogen-bond acceptors (Lipinski definition) is 19. The van der Waals surface area contributed by atoms with Crippen LogP contribution in [0.5, 0.6) is 0 Å². The number of amides is 10. The predicted octanol–water partition coefficient (Wildman–Crippen LogP) is 0.308. The van der Waals surface area contributed by atoms with Gasteiger partial charge in [-0.2, -0.15) is 0 Å². The van der Waals surface area contributed by atoms with Crippen molar-refractivity contribution < 1.29 is 71.4 Å². The first-order valence-corrected chi connectivity index (χ1v) is 30.7. The molecule has 10 amide bonds. The fraction of sp³-hybridized carbons (Fsp3) is 0.613. The number of likely N-dealkylation sites (N-methyl/N-ethyl adjacent to an activating group) is 4. The number of carbonyl (C=O) groups excluding carboxylic acids is 12. The second kappa shape index (κ2) is 27.7. The standard InChI is InChI=1S/C62H87N13O16/c1-26(2)42-59(85)74-21-17-19-36(74)57(83)70(13)24-38(76)72(15)48(28(5)6)61(87)89-32(11)44(55(81)66-42)68-53(79)34-23-35(63)30(9)51-46(34)65-47-40(41(64)50(78)31(10)52(47)91-51)54(80)69-45-33(12)90-62(88)49(29(7)8)73(16)39(77)25-71(14)58(84)37-20-18-22-75(37)60(86)43(27(3)4)67-56(45)82/h23,26-29,32-33,36-37,42-45,48-49H,17-22,24-25,63-64H2,1-16H3,(H,66,81)(H,67,82)(H,68,79)(H,69,80)/t32-,33-,36+,37+,42-,43-,44+,45+,48+,49?/m1/s1. The van der Waals surface area contributed by atoms with Crippen LogP contribution in [0.4, 0.5) is 11.4 Å². The number of nitrogen functional groups attached to an aromatic ring is 2. The number of aryl methyl sites for hydroxylation is 1. The summed E-state index contributed by atoms with van der Waals surface area (Å²) in [6, 6.07) is -9.67. The highest BCUT2D eigenvalue weighted by Gasteiger charge is 2.47. The second-order valence-corrected chi connectivity index (χ2v) is 25.8. The van der Waals surface area contributed by atoms with Gasteiger partial charge >= 0.3 is 11.9 Å². The Kier molecular flexibility index (Phi) is 21.1. The van der Waals surface area contributed by atoms with Crippen molar-refractivity contribution in [2.24, 2.45) is 23.7 Å². The number of cyclic esters (lactones) is 2.